The average Bonchev–Trinajstić information content (AvgIpc) is 3.55. The Bertz CT molecular complexity index is 1600. The molecular formula is C39H48N2O8. The molecule has 49 heavy (non-hydrogen) atoms. The summed E-state index contributed by atoms with van der Waals surface area (Å²) in [4.78, 5) is 38.2. The zero-order valence-corrected chi connectivity index (χ0v) is 28.8. The van der Waals surface area contributed by atoms with E-state index in [4.69, 9.17) is 19.3 Å². The lowest BCUT2D eigenvalue weighted by Gasteiger charge is -2.43. The van der Waals surface area contributed by atoms with Crippen molar-refractivity contribution in [3.8, 4) is 11.1 Å². The highest BCUT2D eigenvalue weighted by atomic mass is 16.7. The third kappa shape index (κ3) is 9.76. The molecule has 3 aromatic carbocycles. The Morgan fingerprint density at radius 3 is 2.33 bits per heavy atom. The predicted octanol–water partition coefficient (Wildman–Crippen LogP) is 5.92. The molecule has 0 bridgehead atoms. The average molecular weight is 673 g/mol. The highest BCUT2D eigenvalue weighted by Gasteiger charge is 2.42. The smallest absolute Gasteiger partial charge is 0.323 e. The molecule has 3 aromatic rings. The number of nitrogens with one attached hydrogen (secondary N) is 1. The van der Waals surface area contributed by atoms with Crippen molar-refractivity contribution in [1.82, 2.24) is 10.2 Å². The number of amides is 1. The number of benzene rings is 3. The number of carboxylic acid groups (broad SMARTS) is 1. The summed E-state index contributed by atoms with van der Waals surface area (Å²) in [7, 11) is 0. The van der Waals surface area contributed by atoms with Crippen LogP contribution in [0.1, 0.15) is 88.0 Å². The lowest BCUT2D eigenvalue weighted by molar-refractivity contribution is -0.276. The van der Waals surface area contributed by atoms with Gasteiger partial charge in [-0.25, -0.2) is 0 Å². The number of aliphatic hydroxyl groups excluding tert-OH is 1. The lowest BCUT2D eigenvalue weighted by Crippen LogP contribution is -2.48. The van der Waals surface area contributed by atoms with Gasteiger partial charge in [0.25, 0.3) is 0 Å². The number of hydrogen-bond acceptors (Lipinski definition) is 8. The fraction of sp³-hybridized carbons (Fsp3) is 0.462. The van der Waals surface area contributed by atoms with Gasteiger partial charge in [0.15, 0.2) is 6.29 Å². The molecule has 3 N–H and O–H groups in total. The third-order valence-electron chi connectivity index (χ3n) is 9.06. The summed E-state index contributed by atoms with van der Waals surface area (Å²) in [5, 5.41) is 21.3. The van der Waals surface area contributed by atoms with Gasteiger partial charge in [-0.3, -0.25) is 19.3 Å². The molecule has 2 heterocycles. The van der Waals surface area contributed by atoms with E-state index in [2.05, 4.69) is 17.1 Å². The van der Waals surface area contributed by atoms with Gasteiger partial charge in [-0.1, -0.05) is 67.6 Å². The molecule has 0 aliphatic carbocycles. The van der Waals surface area contributed by atoms with Gasteiger partial charge in [0, 0.05) is 31.0 Å². The number of carboxylic acids is 1. The number of rotatable bonds is 12. The van der Waals surface area contributed by atoms with Crippen LogP contribution in [0, 0.1) is 5.92 Å². The molecule has 0 saturated carbocycles. The number of aliphatic hydroxyl groups is 1. The number of carbonyl (C=O) groups is 3. The summed E-state index contributed by atoms with van der Waals surface area (Å²) in [5.74, 6) is -1.55. The van der Waals surface area contributed by atoms with Crippen molar-refractivity contribution in [3.05, 3.63) is 95.1 Å². The van der Waals surface area contributed by atoms with Crippen LogP contribution in [0.5, 0.6) is 0 Å². The Hall–Kier alpha value is -4.09. The molecule has 0 aromatic heterocycles. The normalized spacial score (nSPS) is 22.8. The van der Waals surface area contributed by atoms with Crippen molar-refractivity contribution in [2.45, 2.75) is 96.7 Å². The maximum absolute atomic E-state index is 13.2. The van der Waals surface area contributed by atoms with Crippen LogP contribution in [0.2, 0.25) is 0 Å². The number of ether oxygens (including phenoxy) is 3. The van der Waals surface area contributed by atoms with Gasteiger partial charge in [-0.15, -0.1) is 0 Å². The molecule has 2 saturated heterocycles. The molecule has 0 unspecified atom stereocenters. The van der Waals surface area contributed by atoms with Gasteiger partial charge >= 0.3 is 11.9 Å². The van der Waals surface area contributed by atoms with Crippen LogP contribution in [0.3, 0.4) is 0 Å². The summed E-state index contributed by atoms with van der Waals surface area (Å²) in [6.45, 7) is 9.36. The molecule has 10 nitrogen and oxygen atoms in total. The first kappa shape index (κ1) is 36.2. The molecule has 0 spiro atoms. The van der Waals surface area contributed by atoms with Crippen LogP contribution in [-0.2, 0) is 41.7 Å². The van der Waals surface area contributed by atoms with E-state index < -0.39 is 17.9 Å². The zero-order valence-electron chi connectivity index (χ0n) is 28.8. The fourth-order valence-electron chi connectivity index (χ4n) is 6.48. The van der Waals surface area contributed by atoms with Gasteiger partial charge < -0.3 is 29.7 Å². The monoisotopic (exact) mass is 672 g/mol. The Labute approximate surface area is 288 Å². The summed E-state index contributed by atoms with van der Waals surface area (Å²) in [6.07, 6.45) is 0.157. The Balaban J connectivity index is 1.37. The maximum atomic E-state index is 13.2. The van der Waals surface area contributed by atoms with Gasteiger partial charge in [-0.2, -0.15) is 0 Å². The van der Waals surface area contributed by atoms with E-state index >= 15 is 0 Å². The summed E-state index contributed by atoms with van der Waals surface area (Å²) in [5.41, 5.74) is 4.89. The molecular weight excluding hydrogens is 624 g/mol. The van der Waals surface area contributed by atoms with Crippen LogP contribution in [0.4, 0.5) is 0 Å². The molecule has 5 rings (SSSR count). The van der Waals surface area contributed by atoms with Crippen molar-refractivity contribution < 1.29 is 38.8 Å². The van der Waals surface area contributed by atoms with Crippen LogP contribution < -0.4 is 5.32 Å². The second-order valence-corrected chi connectivity index (χ2v) is 14.0. The second kappa shape index (κ2) is 16.1. The molecule has 2 aliphatic rings. The first-order valence-electron chi connectivity index (χ1n) is 17.1. The fourth-order valence-corrected chi connectivity index (χ4v) is 6.48. The van der Waals surface area contributed by atoms with Crippen LogP contribution in [0.25, 0.3) is 11.1 Å². The summed E-state index contributed by atoms with van der Waals surface area (Å²) in [6, 6.07) is 23.3. The van der Waals surface area contributed by atoms with Crippen LogP contribution >= 0.6 is 0 Å². The quantitative estimate of drug-likeness (QED) is 0.200. The van der Waals surface area contributed by atoms with Crippen molar-refractivity contribution in [2.75, 3.05) is 13.1 Å². The standard InChI is InChI=1S/C39H48N2O8/c1-25-33(23-41-19-7-12-32(41)37(46)49-39(2,3)4)47-38(48-36(25)28-15-13-26(24-42)14-16-28)31-11-6-10-30(21-31)29-9-5-8-27(20-29)22-40-34(43)17-18-35(44)45/h5-6,8-11,13-16,20-21,25,32-33,36,38,42H,7,12,17-19,22-24H2,1-4H3,(H,40,43)(H,44,45)/t25-,32-,33+,36+,38+/m0/s1. The Kier molecular flexibility index (Phi) is 11.9. The topological polar surface area (TPSA) is 135 Å². The molecule has 1 amide bonds. The second-order valence-electron chi connectivity index (χ2n) is 14.0. The zero-order chi connectivity index (χ0) is 35.1. The number of hydrogen-bond donors (Lipinski definition) is 3. The van der Waals surface area contributed by atoms with Gasteiger partial charge in [0.1, 0.15) is 11.6 Å². The number of likely N-dealkylation sites (tertiary alicyclic amines) is 1. The highest BCUT2D eigenvalue weighted by Crippen LogP contribution is 2.43. The Morgan fingerprint density at radius 1 is 0.918 bits per heavy atom. The van der Waals surface area contributed by atoms with E-state index in [9.17, 15) is 19.5 Å². The van der Waals surface area contributed by atoms with Gasteiger partial charge in [0.2, 0.25) is 5.91 Å². The third-order valence-corrected chi connectivity index (χ3v) is 9.06. The molecule has 262 valence electrons. The van der Waals surface area contributed by atoms with Crippen molar-refractivity contribution in [2.24, 2.45) is 5.92 Å². The van der Waals surface area contributed by atoms with Crippen LogP contribution in [0.15, 0.2) is 72.8 Å². The molecule has 10 heteroatoms. The maximum Gasteiger partial charge on any atom is 0.323 e. The van der Waals surface area contributed by atoms with Crippen LogP contribution in [-0.4, -0.2) is 63.8 Å². The lowest BCUT2D eigenvalue weighted by atomic mass is 9.89. The van der Waals surface area contributed by atoms with Gasteiger partial charge in [0.05, 0.1) is 25.2 Å². The first-order chi connectivity index (χ1) is 23.4. The largest absolute Gasteiger partial charge is 0.481 e. The number of esters is 1. The summed E-state index contributed by atoms with van der Waals surface area (Å²) >= 11 is 0. The van der Waals surface area contributed by atoms with E-state index in [-0.39, 0.29) is 62.0 Å². The number of carbonyl (C=O) groups excluding carboxylic acids is 2. The SMILES string of the molecule is C[C@H]1[C@@H](CN2CCC[C@H]2C(=O)OC(C)(C)C)O[C@@H](c2cccc(-c3cccc(CNC(=O)CCC(=O)O)c3)c2)O[C@H]1c1ccc(CO)cc1. The molecule has 0 radical (unpaired) electrons. The minimum atomic E-state index is -1.00. The highest BCUT2D eigenvalue weighted by molar-refractivity contribution is 5.80. The van der Waals surface area contributed by atoms with E-state index in [1.807, 2.05) is 93.6 Å². The molecule has 2 aliphatic heterocycles. The predicted molar refractivity (Wildman–Crippen MR) is 184 cm³/mol. The first-order valence-corrected chi connectivity index (χ1v) is 17.1. The molecule has 5 atom stereocenters. The Morgan fingerprint density at radius 2 is 1.63 bits per heavy atom. The van der Waals surface area contributed by atoms with Crippen molar-refractivity contribution in [1.29, 1.82) is 0 Å². The number of nitrogens with zero attached hydrogens (tertiary/aromatic N) is 1. The van der Waals surface area contributed by atoms with Crippen molar-refractivity contribution in [3.63, 3.8) is 0 Å². The van der Waals surface area contributed by atoms with E-state index in [0.717, 1.165) is 52.8 Å². The number of aliphatic carboxylic acids is 1. The van der Waals surface area contributed by atoms with E-state index in [1.165, 1.54) is 0 Å². The van der Waals surface area contributed by atoms with E-state index in [1.54, 1.807) is 0 Å². The summed E-state index contributed by atoms with van der Waals surface area (Å²) < 4.78 is 19.2. The minimum Gasteiger partial charge on any atom is -0.481 e. The van der Waals surface area contributed by atoms with Gasteiger partial charge in [-0.05, 0) is 80.1 Å². The van der Waals surface area contributed by atoms with Crippen molar-refractivity contribution >= 4 is 17.8 Å². The van der Waals surface area contributed by atoms with E-state index in [0.29, 0.717) is 6.54 Å². The minimum absolute atomic E-state index is 0.0399. The molecule has 2 fully saturated rings.